The molecule has 1 atom stereocenters. The van der Waals surface area contributed by atoms with Gasteiger partial charge in [0.2, 0.25) is 5.78 Å². The summed E-state index contributed by atoms with van der Waals surface area (Å²) >= 11 is 0. The van der Waals surface area contributed by atoms with Gasteiger partial charge in [0.1, 0.15) is 18.3 Å². The van der Waals surface area contributed by atoms with Gasteiger partial charge in [-0.15, -0.1) is 0 Å². The lowest BCUT2D eigenvalue weighted by Crippen LogP contribution is -1.94. The predicted molar refractivity (Wildman–Crippen MR) is 262 cm³/mol. The molecule has 0 heterocycles. The van der Waals surface area contributed by atoms with Gasteiger partial charge in [-0.25, -0.2) is 4.79 Å². The van der Waals surface area contributed by atoms with Gasteiger partial charge in [0.05, 0.1) is 41.7 Å². The smallest absolute Gasteiger partial charge is 0.328 e. The number of benzene rings is 5. The fourth-order valence-corrected chi connectivity index (χ4v) is 4.94. The number of aliphatic hydroxyl groups is 2. The van der Waals surface area contributed by atoms with E-state index in [2.05, 4.69) is 0 Å². The Morgan fingerprint density at radius 3 is 1.13 bits per heavy atom. The lowest BCUT2D eigenvalue weighted by molar-refractivity contribution is -0.131. The number of ketones is 1. The monoisotopic (exact) mass is 966 g/mol. The van der Waals surface area contributed by atoms with Crippen molar-refractivity contribution >= 4 is 54.9 Å². The first-order valence-electron chi connectivity index (χ1n) is 20.2. The zero-order valence-electron chi connectivity index (χ0n) is 38.8. The molecule has 0 saturated heterocycles. The van der Waals surface area contributed by atoms with Gasteiger partial charge in [-0.1, -0.05) is 48.6 Å². The number of aliphatic carboxylic acids is 1. The third-order valence-electron chi connectivity index (χ3n) is 8.36. The van der Waals surface area contributed by atoms with Gasteiger partial charge >= 0.3 is 5.97 Å². The van der Waals surface area contributed by atoms with E-state index in [0.29, 0.717) is 58.0 Å². The van der Waals surface area contributed by atoms with Gasteiger partial charge in [0.25, 0.3) is 0 Å². The summed E-state index contributed by atoms with van der Waals surface area (Å²) in [4.78, 5) is 51.3. The quantitative estimate of drug-likeness (QED) is 0.0154. The van der Waals surface area contributed by atoms with E-state index in [4.69, 9.17) is 39.0 Å². The summed E-state index contributed by atoms with van der Waals surface area (Å²) in [6, 6.07) is 23.5. The maximum Gasteiger partial charge on any atom is 0.328 e. The maximum absolute atomic E-state index is 10.7. The average Bonchev–Trinajstić information content (AvgIpc) is 3.36. The minimum Gasteiger partial charge on any atom is -0.508 e. The minimum absolute atomic E-state index is 0.00514. The van der Waals surface area contributed by atoms with Crippen LogP contribution in [0.15, 0.2) is 127 Å². The Balaban J connectivity index is 0.000000441. The van der Waals surface area contributed by atoms with Crippen molar-refractivity contribution < 1.29 is 88.5 Å². The molecule has 0 spiro atoms. The van der Waals surface area contributed by atoms with Crippen molar-refractivity contribution in [1.82, 2.24) is 0 Å². The number of allylic oxidation sites excluding steroid dienone is 3. The van der Waals surface area contributed by atoms with Crippen LogP contribution in [0.25, 0.3) is 24.3 Å². The molecular formula is C52H54O18. The van der Waals surface area contributed by atoms with Crippen molar-refractivity contribution in [3.05, 3.63) is 155 Å². The number of carbonyl (C=O) groups is 5. The Morgan fingerprint density at radius 1 is 0.486 bits per heavy atom. The summed E-state index contributed by atoms with van der Waals surface area (Å²) in [6.07, 6.45) is 13.5. The van der Waals surface area contributed by atoms with E-state index in [9.17, 15) is 49.5 Å². The molecule has 0 fully saturated rings. The first-order chi connectivity index (χ1) is 33.4. The summed E-state index contributed by atoms with van der Waals surface area (Å²) in [5, 5.41) is 73.0. The van der Waals surface area contributed by atoms with Crippen LogP contribution in [0.5, 0.6) is 57.5 Å². The van der Waals surface area contributed by atoms with E-state index in [-0.39, 0.29) is 40.8 Å². The zero-order valence-corrected chi connectivity index (χ0v) is 38.8. The van der Waals surface area contributed by atoms with Crippen LogP contribution in [-0.4, -0.2) is 113 Å². The van der Waals surface area contributed by atoms with Crippen LogP contribution in [0.1, 0.15) is 39.5 Å². The standard InChI is InChI=1S/C13H12O5.C11H14O3.C10H10O4.C10H10O3.C8H8O3/c1-18-13-6-9(3-5-12(13)17)2-4-10(15)7-11(16)8-14;1-8(12)3-4-9-5-6-10(13)11(7-9)14-2;1-14-9-6-7(2-4-8(9)11)3-5-10(12)13;1-13-10-7-8(3-2-6-11)4-5-9(10)12;1-11-8-4-6(5-9)2-3-7(8)10/h2-8,15,17H,1H3;3-8,12-13H,1-2H3;2-6,11H,1H3,(H,12,13);2-7,12H,1H3;2-5,10H,1H3/b4-2+,10-7-;4-3+;5-3+;3-2+;. The first-order valence-corrected chi connectivity index (χ1v) is 20.2. The number of methoxy groups -OCH3 is 5. The topological polar surface area (TPSA) is 293 Å². The van der Waals surface area contributed by atoms with Crippen LogP contribution in [0.3, 0.4) is 0 Å². The second-order valence-electron chi connectivity index (χ2n) is 13.5. The van der Waals surface area contributed by atoms with Crippen LogP contribution in [0.2, 0.25) is 0 Å². The van der Waals surface area contributed by atoms with Gasteiger partial charge in [-0.05, 0) is 114 Å². The predicted octanol–water partition coefficient (Wildman–Crippen LogP) is 7.74. The Kier molecular flexibility index (Phi) is 27.2. The highest BCUT2D eigenvalue weighted by Gasteiger charge is 2.04. The molecule has 1 unspecified atom stereocenters. The maximum atomic E-state index is 10.7. The van der Waals surface area contributed by atoms with Crippen molar-refractivity contribution in [2.75, 3.05) is 35.5 Å². The molecule has 0 amide bonds. The van der Waals surface area contributed by atoms with Gasteiger partial charge in [-0.3, -0.25) is 19.2 Å². The number of hydrogen-bond acceptors (Lipinski definition) is 17. The van der Waals surface area contributed by atoms with Crippen LogP contribution in [0, 0.1) is 0 Å². The summed E-state index contributed by atoms with van der Waals surface area (Å²) in [6.45, 7) is 1.67. The zero-order chi connectivity index (χ0) is 52.6. The van der Waals surface area contributed by atoms with Crippen molar-refractivity contribution in [3.63, 3.8) is 0 Å². The van der Waals surface area contributed by atoms with E-state index in [0.717, 1.165) is 23.3 Å². The van der Waals surface area contributed by atoms with Gasteiger partial charge < -0.3 is 64.5 Å². The number of aromatic hydroxyl groups is 5. The molecule has 0 aliphatic heterocycles. The number of hydrogen-bond donors (Lipinski definition) is 8. The molecule has 5 aromatic carbocycles. The van der Waals surface area contributed by atoms with Crippen molar-refractivity contribution in [2.24, 2.45) is 0 Å². The highest BCUT2D eigenvalue weighted by atomic mass is 16.5. The molecule has 5 rings (SSSR count). The van der Waals surface area contributed by atoms with Crippen LogP contribution < -0.4 is 23.7 Å². The van der Waals surface area contributed by atoms with Crippen molar-refractivity contribution in [1.29, 1.82) is 0 Å². The molecule has 0 radical (unpaired) electrons. The lowest BCUT2D eigenvalue weighted by Gasteiger charge is -2.03. The number of carbonyl (C=O) groups excluding carboxylic acids is 4. The van der Waals surface area contributed by atoms with E-state index in [1.54, 1.807) is 79.7 Å². The van der Waals surface area contributed by atoms with Gasteiger partial charge in [-0.2, -0.15) is 0 Å². The number of carboxylic acid groups (broad SMARTS) is 1. The number of aldehydes is 3. The number of phenols is 5. The van der Waals surface area contributed by atoms with Gasteiger partial charge in [0, 0.05) is 17.7 Å². The van der Waals surface area contributed by atoms with Crippen molar-refractivity contribution in [3.8, 4) is 57.5 Å². The molecule has 0 aliphatic carbocycles. The normalized spacial score (nSPS) is 11.0. The molecular weight excluding hydrogens is 913 g/mol. The molecule has 370 valence electrons. The van der Waals surface area contributed by atoms with Crippen molar-refractivity contribution in [2.45, 2.75) is 13.0 Å². The average molecular weight is 967 g/mol. The minimum atomic E-state index is -1.02. The summed E-state index contributed by atoms with van der Waals surface area (Å²) in [7, 11) is 7.26. The highest BCUT2D eigenvalue weighted by Crippen LogP contribution is 2.30. The molecule has 70 heavy (non-hydrogen) atoms. The first kappa shape index (κ1) is 58.7. The lowest BCUT2D eigenvalue weighted by atomic mass is 10.1. The van der Waals surface area contributed by atoms with E-state index in [1.807, 2.05) is 0 Å². The molecule has 18 nitrogen and oxygen atoms in total. The summed E-state index contributed by atoms with van der Waals surface area (Å²) in [5.74, 6) is -0.143. The third-order valence-corrected chi connectivity index (χ3v) is 8.36. The molecule has 8 N–H and O–H groups in total. The van der Waals surface area contributed by atoms with Crippen LogP contribution in [0.4, 0.5) is 0 Å². The summed E-state index contributed by atoms with van der Waals surface area (Å²) < 4.78 is 24.4. The Labute approximate surface area is 403 Å². The van der Waals surface area contributed by atoms with Crippen LogP contribution in [-0.2, 0) is 19.2 Å². The second kappa shape index (κ2) is 32.4. The Morgan fingerprint density at radius 2 is 0.814 bits per heavy atom. The summed E-state index contributed by atoms with van der Waals surface area (Å²) in [5.41, 5.74) is 3.48. The highest BCUT2D eigenvalue weighted by molar-refractivity contribution is 6.30. The number of phenolic OH excluding ortho intramolecular Hbond substituents is 5. The molecule has 5 aromatic rings. The largest absolute Gasteiger partial charge is 0.508 e. The second-order valence-corrected chi connectivity index (χ2v) is 13.5. The number of ether oxygens (including phenoxy) is 5. The number of rotatable bonds is 16. The fraction of sp³-hybridized carbons (Fsp3) is 0.135. The number of carboxylic acids is 1. The van der Waals surface area contributed by atoms with Gasteiger partial charge in [0.15, 0.2) is 63.8 Å². The Hall–Kier alpha value is -9.29. The van der Waals surface area contributed by atoms with Crippen LogP contribution >= 0.6 is 0 Å². The van der Waals surface area contributed by atoms with E-state index >= 15 is 0 Å². The Bertz CT molecular complexity index is 2640. The van der Waals surface area contributed by atoms with E-state index < -0.39 is 17.9 Å². The SMILES string of the molecule is COc1cc(/C=C/C(=O)O)ccc1O.COc1cc(/C=C/C(C)O)ccc1O.COc1cc(/C=C/C(O)=C/C(=O)C=O)ccc1O.COc1cc(/C=C/C=O)ccc1O.COc1cc(C=O)ccc1O. The molecule has 0 aromatic heterocycles. The third kappa shape index (κ3) is 22.7. The molecule has 0 aliphatic rings. The number of aliphatic hydroxyl groups excluding tert-OH is 2. The molecule has 0 bridgehead atoms. The molecule has 18 heteroatoms. The fourth-order valence-electron chi connectivity index (χ4n) is 4.94. The van der Waals surface area contributed by atoms with E-state index in [1.165, 1.54) is 96.3 Å². The molecule has 0 saturated carbocycles.